The third kappa shape index (κ3) is 2.92. The lowest BCUT2D eigenvalue weighted by atomic mass is 10.2. The van der Waals surface area contributed by atoms with Crippen LogP contribution in [0.25, 0.3) is 10.9 Å². The predicted octanol–water partition coefficient (Wildman–Crippen LogP) is 4.38. The number of likely N-dealkylation sites (N-methyl/N-ethyl adjacent to an activating group) is 1. The molecule has 0 saturated carbocycles. The molecule has 1 aliphatic heterocycles. The van der Waals surface area contributed by atoms with Crippen molar-refractivity contribution in [1.82, 2.24) is 9.88 Å². The van der Waals surface area contributed by atoms with Crippen LogP contribution in [0.1, 0.15) is 5.56 Å². The van der Waals surface area contributed by atoms with Gasteiger partial charge in [0.1, 0.15) is 0 Å². The Labute approximate surface area is 147 Å². The van der Waals surface area contributed by atoms with Crippen LogP contribution in [0, 0.1) is 6.92 Å². The summed E-state index contributed by atoms with van der Waals surface area (Å²) in [5.74, 6) is 0. The van der Waals surface area contributed by atoms with E-state index in [1.807, 2.05) is 11.8 Å². The van der Waals surface area contributed by atoms with Gasteiger partial charge in [0.25, 0.3) is 0 Å². The minimum Gasteiger partial charge on any atom is -0.368 e. The summed E-state index contributed by atoms with van der Waals surface area (Å²) in [6.45, 7) is 6.66. The number of anilines is 1. The van der Waals surface area contributed by atoms with Crippen molar-refractivity contribution in [3.63, 3.8) is 0 Å². The maximum absolute atomic E-state index is 3.59. The summed E-state index contributed by atoms with van der Waals surface area (Å²) in [4.78, 5) is 9.83. The molecule has 3 aromatic rings. The number of hydrogen-bond acceptors (Lipinski definition) is 3. The Bertz CT molecular complexity index is 847. The van der Waals surface area contributed by atoms with Crippen molar-refractivity contribution in [1.29, 1.82) is 0 Å². The predicted molar refractivity (Wildman–Crippen MR) is 103 cm³/mol. The van der Waals surface area contributed by atoms with Gasteiger partial charge in [0.2, 0.25) is 0 Å². The third-order valence-corrected chi connectivity index (χ3v) is 6.02. The number of benzene rings is 2. The normalized spacial score (nSPS) is 16.0. The smallest absolute Gasteiger partial charge is 0.0811 e. The Kier molecular flexibility index (Phi) is 4.25. The van der Waals surface area contributed by atoms with E-state index in [1.165, 1.54) is 32.1 Å². The Balaban J connectivity index is 1.66. The molecule has 3 nitrogen and oxygen atoms in total. The Morgan fingerprint density at radius 2 is 1.62 bits per heavy atom. The van der Waals surface area contributed by atoms with Crippen LogP contribution in [-0.2, 0) is 0 Å². The summed E-state index contributed by atoms with van der Waals surface area (Å²) in [6, 6.07) is 17.3. The van der Waals surface area contributed by atoms with Crippen LogP contribution in [0.4, 0.5) is 5.69 Å². The highest BCUT2D eigenvalue weighted by Crippen LogP contribution is 2.38. The van der Waals surface area contributed by atoms with Crippen LogP contribution in [-0.4, -0.2) is 43.1 Å². The molecule has 2 aromatic carbocycles. The number of piperazine rings is 1. The van der Waals surface area contributed by atoms with Gasteiger partial charge in [0, 0.05) is 42.0 Å². The molecule has 1 N–H and O–H groups in total. The Morgan fingerprint density at radius 1 is 0.917 bits per heavy atom. The molecule has 0 spiro atoms. The second-order valence-corrected chi connectivity index (χ2v) is 7.54. The van der Waals surface area contributed by atoms with Crippen molar-refractivity contribution < 1.29 is 0 Å². The quantitative estimate of drug-likeness (QED) is 0.767. The number of rotatable bonds is 3. The maximum atomic E-state index is 3.59. The van der Waals surface area contributed by atoms with Crippen LogP contribution in [0.15, 0.2) is 58.5 Å². The zero-order valence-corrected chi connectivity index (χ0v) is 15.1. The van der Waals surface area contributed by atoms with E-state index in [1.54, 1.807) is 0 Å². The van der Waals surface area contributed by atoms with Crippen LogP contribution in [0.2, 0.25) is 0 Å². The maximum Gasteiger partial charge on any atom is 0.0811 e. The van der Waals surface area contributed by atoms with Gasteiger partial charge in [-0.2, -0.15) is 0 Å². The minimum atomic E-state index is 1.10. The average Bonchev–Trinajstić information content (AvgIpc) is 2.93. The SMILES string of the molecule is Cc1c(Sc2ccccc2N2CCN(C)CC2)[nH]c2ccccc12. The molecule has 1 aromatic heterocycles. The number of fused-ring (bicyclic) bond motifs is 1. The van der Waals surface area contributed by atoms with E-state index in [2.05, 4.69) is 77.3 Å². The first kappa shape index (κ1) is 15.6. The van der Waals surface area contributed by atoms with Gasteiger partial charge in [-0.25, -0.2) is 0 Å². The van der Waals surface area contributed by atoms with Gasteiger partial charge < -0.3 is 14.8 Å². The molecule has 0 radical (unpaired) electrons. The van der Waals surface area contributed by atoms with E-state index >= 15 is 0 Å². The molecular weight excluding hydrogens is 314 g/mol. The van der Waals surface area contributed by atoms with Crippen molar-refractivity contribution in [3.8, 4) is 0 Å². The molecule has 24 heavy (non-hydrogen) atoms. The molecule has 0 unspecified atom stereocenters. The summed E-state index contributed by atoms with van der Waals surface area (Å²) in [7, 11) is 2.20. The van der Waals surface area contributed by atoms with Crippen molar-refractivity contribution in [2.75, 3.05) is 38.1 Å². The zero-order valence-electron chi connectivity index (χ0n) is 14.2. The van der Waals surface area contributed by atoms with Gasteiger partial charge in [-0.3, -0.25) is 0 Å². The zero-order chi connectivity index (χ0) is 16.5. The number of aryl methyl sites for hydroxylation is 1. The lowest BCUT2D eigenvalue weighted by Gasteiger charge is -2.35. The van der Waals surface area contributed by atoms with Crippen molar-refractivity contribution >= 4 is 28.4 Å². The summed E-state index contributed by atoms with van der Waals surface area (Å²) in [5.41, 5.74) is 3.91. The van der Waals surface area contributed by atoms with Gasteiger partial charge in [-0.1, -0.05) is 42.1 Å². The molecule has 4 heteroatoms. The lowest BCUT2D eigenvalue weighted by molar-refractivity contribution is 0.312. The number of aromatic amines is 1. The Hall–Kier alpha value is -1.91. The van der Waals surface area contributed by atoms with Gasteiger partial charge in [0.15, 0.2) is 0 Å². The number of hydrogen-bond donors (Lipinski definition) is 1. The molecule has 1 aliphatic rings. The number of nitrogens with one attached hydrogen (secondary N) is 1. The molecule has 124 valence electrons. The molecule has 0 aliphatic carbocycles. The topological polar surface area (TPSA) is 22.3 Å². The molecule has 1 saturated heterocycles. The largest absolute Gasteiger partial charge is 0.368 e. The van der Waals surface area contributed by atoms with Crippen molar-refractivity contribution in [2.24, 2.45) is 0 Å². The number of aromatic nitrogens is 1. The Morgan fingerprint density at radius 3 is 2.42 bits per heavy atom. The van der Waals surface area contributed by atoms with Crippen molar-refractivity contribution in [3.05, 3.63) is 54.1 Å². The van der Waals surface area contributed by atoms with Crippen molar-refractivity contribution in [2.45, 2.75) is 16.8 Å². The van der Waals surface area contributed by atoms with Crippen LogP contribution in [0.5, 0.6) is 0 Å². The van der Waals surface area contributed by atoms with Crippen LogP contribution in [0.3, 0.4) is 0 Å². The molecular formula is C20H23N3S. The number of para-hydroxylation sites is 2. The standard InChI is InChI=1S/C20H23N3S/c1-15-16-7-3-4-8-17(16)21-20(15)24-19-10-6-5-9-18(19)23-13-11-22(2)12-14-23/h3-10,21H,11-14H2,1-2H3. The van der Waals surface area contributed by atoms with E-state index in [0.29, 0.717) is 0 Å². The van der Waals surface area contributed by atoms with E-state index in [-0.39, 0.29) is 0 Å². The summed E-state index contributed by atoms with van der Waals surface area (Å²) < 4.78 is 0. The van der Waals surface area contributed by atoms with Crippen LogP contribution >= 0.6 is 11.8 Å². The molecule has 0 atom stereocenters. The highest BCUT2D eigenvalue weighted by Gasteiger charge is 2.18. The highest BCUT2D eigenvalue weighted by atomic mass is 32.2. The van der Waals surface area contributed by atoms with E-state index in [4.69, 9.17) is 0 Å². The molecule has 0 bridgehead atoms. The summed E-state index contributed by atoms with van der Waals surface area (Å²) in [5, 5.41) is 2.56. The van der Waals surface area contributed by atoms with Gasteiger partial charge in [-0.05, 0) is 37.7 Å². The first-order valence-corrected chi connectivity index (χ1v) is 9.32. The third-order valence-electron chi connectivity index (χ3n) is 4.84. The van der Waals surface area contributed by atoms with Gasteiger partial charge in [0.05, 0.1) is 10.7 Å². The highest BCUT2D eigenvalue weighted by molar-refractivity contribution is 7.99. The number of nitrogens with zero attached hydrogens (tertiary/aromatic N) is 2. The molecule has 4 rings (SSSR count). The fourth-order valence-electron chi connectivity index (χ4n) is 3.32. The summed E-state index contributed by atoms with van der Waals surface area (Å²) >= 11 is 1.85. The second-order valence-electron chi connectivity index (χ2n) is 6.48. The second kappa shape index (κ2) is 6.54. The van der Waals surface area contributed by atoms with E-state index in [9.17, 15) is 0 Å². The monoisotopic (exact) mass is 337 g/mol. The average molecular weight is 337 g/mol. The lowest BCUT2D eigenvalue weighted by Crippen LogP contribution is -2.44. The fraction of sp³-hybridized carbons (Fsp3) is 0.300. The molecule has 1 fully saturated rings. The summed E-state index contributed by atoms with van der Waals surface area (Å²) in [6.07, 6.45) is 0. The molecule has 0 amide bonds. The first-order chi connectivity index (χ1) is 11.7. The van der Waals surface area contributed by atoms with Gasteiger partial charge >= 0.3 is 0 Å². The first-order valence-electron chi connectivity index (χ1n) is 8.50. The molecule has 2 heterocycles. The van der Waals surface area contributed by atoms with E-state index in [0.717, 1.165) is 26.2 Å². The van der Waals surface area contributed by atoms with Gasteiger partial charge in [-0.15, -0.1) is 0 Å². The fourth-order valence-corrected chi connectivity index (χ4v) is 4.41. The van der Waals surface area contributed by atoms with E-state index < -0.39 is 0 Å². The van der Waals surface area contributed by atoms with Crippen LogP contribution < -0.4 is 4.90 Å². The number of H-pyrrole nitrogens is 1. The minimum absolute atomic E-state index is 1.10.